The molecule has 2 heteroatoms. The zero-order valence-electron chi connectivity index (χ0n) is 13.3. The minimum Gasteiger partial charge on any atom is -0.487 e. The molecule has 0 aromatic heterocycles. The monoisotopic (exact) mass is 306 g/mol. The summed E-state index contributed by atoms with van der Waals surface area (Å²) < 4.78 is 5.97. The van der Waals surface area contributed by atoms with Crippen molar-refractivity contribution in [3.63, 3.8) is 0 Å². The van der Waals surface area contributed by atoms with Gasteiger partial charge < -0.3 is 4.74 Å². The molecule has 0 saturated heterocycles. The van der Waals surface area contributed by atoms with Gasteiger partial charge in [0.25, 0.3) is 0 Å². The molecular formula is C19H27ClO. The molecule has 2 aliphatic rings. The molecule has 1 aliphatic carbocycles. The van der Waals surface area contributed by atoms with E-state index >= 15 is 0 Å². The van der Waals surface area contributed by atoms with Crippen LogP contribution in [0.1, 0.15) is 75.3 Å². The summed E-state index contributed by atoms with van der Waals surface area (Å²) in [5.41, 5.74) is 2.56. The van der Waals surface area contributed by atoms with Crippen molar-refractivity contribution in [2.24, 2.45) is 5.92 Å². The van der Waals surface area contributed by atoms with E-state index < -0.39 is 0 Å². The molecule has 1 aliphatic heterocycles. The molecule has 0 spiro atoms. The Kier molecular flexibility index (Phi) is 4.49. The number of alkyl halides is 1. The summed E-state index contributed by atoms with van der Waals surface area (Å²) in [7, 11) is 0. The average Bonchev–Trinajstić information content (AvgIpc) is 2.70. The summed E-state index contributed by atoms with van der Waals surface area (Å²) >= 11 is 6.84. The number of hydrogen-bond donors (Lipinski definition) is 0. The third-order valence-electron chi connectivity index (χ3n) is 4.97. The third-order valence-corrected chi connectivity index (χ3v) is 5.58. The maximum absolute atomic E-state index is 6.84. The fraction of sp³-hybridized carbons (Fsp3) is 0.684. The number of ether oxygens (including phenoxy) is 1. The Morgan fingerprint density at radius 1 is 1.10 bits per heavy atom. The Bertz CT molecular complexity index is 486. The van der Waals surface area contributed by atoms with E-state index in [0.717, 1.165) is 12.2 Å². The molecule has 1 aromatic rings. The summed E-state index contributed by atoms with van der Waals surface area (Å²) in [4.78, 5) is 0. The minimum atomic E-state index is -0.0665. The third kappa shape index (κ3) is 3.56. The maximum Gasteiger partial charge on any atom is 0.123 e. The smallest absolute Gasteiger partial charge is 0.123 e. The summed E-state index contributed by atoms with van der Waals surface area (Å²) in [6.45, 7) is 4.30. The summed E-state index contributed by atoms with van der Waals surface area (Å²) in [6, 6.07) is 6.59. The van der Waals surface area contributed by atoms with Gasteiger partial charge in [0.05, 0.1) is 5.38 Å². The van der Waals surface area contributed by atoms with Crippen LogP contribution in [0.4, 0.5) is 0 Å². The number of halogens is 1. The first-order chi connectivity index (χ1) is 10.1. The second-order valence-corrected chi connectivity index (χ2v) is 7.88. The van der Waals surface area contributed by atoms with Crippen LogP contribution in [-0.2, 0) is 6.42 Å². The molecule has 1 fully saturated rings. The van der Waals surface area contributed by atoms with Crippen LogP contribution in [0.15, 0.2) is 18.2 Å². The van der Waals surface area contributed by atoms with Crippen LogP contribution >= 0.6 is 11.6 Å². The van der Waals surface area contributed by atoms with Gasteiger partial charge in [-0.05, 0) is 49.8 Å². The fourth-order valence-corrected chi connectivity index (χ4v) is 4.24. The predicted molar refractivity (Wildman–Crippen MR) is 89.3 cm³/mol. The van der Waals surface area contributed by atoms with Crippen LogP contribution in [0, 0.1) is 5.92 Å². The van der Waals surface area contributed by atoms with Gasteiger partial charge in [0.15, 0.2) is 0 Å². The number of fused-ring (bicyclic) bond motifs is 1. The highest BCUT2D eigenvalue weighted by molar-refractivity contribution is 6.21. The van der Waals surface area contributed by atoms with Gasteiger partial charge in [0.2, 0.25) is 0 Å². The minimum absolute atomic E-state index is 0.0665. The van der Waals surface area contributed by atoms with Crippen molar-refractivity contribution < 1.29 is 4.74 Å². The van der Waals surface area contributed by atoms with E-state index in [1.807, 2.05) is 0 Å². The predicted octanol–water partition coefficient (Wildman–Crippen LogP) is 6.04. The van der Waals surface area contributed by atoms with Crippen molar-refractivity contribution in [2.75, 3.05) is 0 Å². The molecule has 0 N–H and O–H groups in total. The summed E-state index contributed by atoms with van der Waals surface area (Å²) in [6.07, 6.45) is 10.4. The van der Waals surface area contributed by atoms with Crippen LogP contribution < -0.4 is 4.74 Å². The summed E-state index contributed by atoms with van der Waals surface area (Å²) in [5, 5.41) is 0.164. The number of benzene rings is 1. The van der Waals surface area contributed by atoms with Crippen LogP contribution in [0.5, 0.6) is 5.75 Å². The second-order valence-electron chi connectivity index (χ2n) is 7.41. The lowest BCUT2D eigenvalue weighted by Crippen LogP contribution is -2.24. The highest BCUT2D eigenvalue weighted by Gasteiger charge is 2.31. The standard InChI is InChI=1S/C19H27ClO/c1-19(2)13-16-12-15(10-11-17(16)21-19)18(20)14-8-6-4-3-5-7-9-14/h10-12,14,18H,3-9,13H2,1-2H3. The molecule has 1 atom stereocenters. The van der Waals surface area contributed by atoms with Crippen LogP contribution in [0.2, 0.25) is 0 Å². The first-order valence-electron chi connectivity index (χ1n) is 8.51. The van der Waals surface area contributed by atoms with Gasteiger partial charge in [-0.3, -0.25) is 0 Å². The van der Waals surface area contributed by atoms with Gasteiger partial charge in [-0.25, -0.2) is 0 Å². The Labute approximate surface area is 134 Å². The largest absolute Gasteiger partial charge is 0.487 e. The molecule has 21 heavy (non-hydrogen) atoms. The van der Waals surface area contributed by atoms with Gasteiger partial charge in [0.1, 0.15) is 11.4 Å². The van der Waals surface area contributed by atoms with Gasteiger partial charge in [-0.2, -0.15) is 0 Å². The zero-order valence-corrected chi connectivity index (χ0v) is 14.1. The maximum atomic E-state index is 6.84. The highest BCUT2D eigenvalue weighted by Crippen LogP contribution is 2.41. The molecule has 3 rings (SSSR count). The van der Waals surface area contributed by atoms with E-state index in [2.05, 4.69) is 32.0 Å². The van der Waals surface area contributed by atoms with Gasteiger partial charge in [-0.15, -0.1) is 11.6 Å². The van der Waals surface area contributed by atoms with E-state index in [-0.39, 0.29) is 11.0 Å². The lowest BCUT2D eigenvalue weighted by Gasteiger charge is -2.25. The first-order valence-corrected chi connectivity index (χ1v) is 8.95. The molecule has 0 amide bonds. The first kappa shape index (κ1) is 15.2. The fourth-order valence-electron chi connectivity index (χ4n) is 3.85. The van der Waals surface area contributed by atoms with Crippen molar-refractivity contribution in [3.05, 3.63) is 29.3 Å². The second kappa shape index (κ2) is 6.20. The van der Waals surface area contributed by atoms with Crippen molar-refractivity contribution in [1.29, 1.82) is 0 Å². The topological polar surface area (TPSA) is 9.23 Å². The number of rotatable bonds is 2. The number of hydrogen-bond acceptors (Lipinski definition) is 1. The van der Waals surface area contributed by atoms with E-state index in [1.54, 1.807) is 0 Å². The zero-order chi connectivity index (χ0) is 14.9. The molecule has 1 saturated carbocycles. The van der Waals surface area contributed by atoms with Crippen molar-refractivity contribution >= 4 is 11.6 Å². The van der Waals surface area contributed by atoms with E-state index in [9.17, 15) is 0 Å². The molecule has 1 heterocycles. The molecule has 0 radical (unpaired) electrons. The summed E-state index contributed by atoms with van der Waals surface area (Å²) in [5.74, 6) is 1.69. The van der Waals surface area contributed by atoms with E-state index in [1.165, 1.54) is 56.1 Å². The molecule has 1 unspecified atom stereocenters. The molecule has 1 nitrogen and oxygen atoms in total. The quantitative estimate of drug-likeness (QED) is 0.605. The Hall–Kier alpha value is -0.690. The van der Waals surface area contributed by atoms with E-state index in [0.29, 0.717) is 5.92 Å². The Morgan fingerprint density at radius 2 is 1.76 bits per heavy atom. The lowest BCUT2D eigenvalue weighted by molar-refractivity contribution is 0.138. The molecule has 0 bridgehead atoms. The average molecular weight is 307 g/mol. The van der Waals surface area contributed by atoms with Crippen LogP contribution in [0.3, 0.4) is 0 Å². The van der Waals surface area contributed by atoms with Crippen LogP contribution in [0.25, 0.3) is 0 Å². The lowest BCUT2D eigenvalue weighted by atomic mass is 9.85. The molecule has 116 valence electrons. The van der Waals surface area contributed by atoms with Gasteiger partial charge in [-0.1, -0.05) is 44.2 Å². The van der Waals surface area contributed by atoms with Gasteiger partial charge in [0, 0.05) is 6.42 Å². The van der Waals surface area contributed by atoms with E-state index in [4.69, 9.17) is 16.3 Å². The Balaban J connectivity index is 1.74. The molecular weight excluding hydrogens is 280 g/mol. The normalized spacial score (nSPS) is 23.8. The Morgan fingerprint density at radius 3 is 2.48 bits per heavy atom. The van der Waals surface area contributed by atoms with Crippen molar-refractivity contribution in [2.45, 2.75) is 76.2 Å². The van der Waals surface area contributed by atoms with Crippen molar-refractivity contribution in [3.8, 4) is 5.75 Å². The van der Waals surface area contributed by atoms with Crippen LogP contribution in [-0.4, -0.2) is 5.60 Å². The van der Waals surface area contributed by atoms with Gasteiger partial charge >= 0.3 is 0 Å². The SMILES string of the molecule is CC1(C)Cc2cc(C(Cl)C3CCCCCCC3)ccc2O1. The molecule has 1 aromatic carbocycles. The van der Waals surface area contributed by atoms with Crippen molar-refractivity contribution in [1.82, 2.24) is 0 Å². The highest BCUT2D eigenvalue weighted by atomic mass is 35.5.